The fourth-order valence-corrected chi connectivity index (χ4v) is 3.05. The number of anilines is 2. The number of nitrogens with zero attached hydrogens (tertiary/aromatic N) is 3. The Morgan fingerprint density at radius 1 is 1.29 bits per heavy atom. The van der Waals surface area contributed by atoms with Gasteiger partial charge in [0.2, 0.25) is 11.9 Å². The lowest BCUT2D eigenvalue weighted by molar-refractivity contribution is -0.123. The molecule has 142 valence electrons. The molecule has 28 heavy (non-hydrogen) atoms. The Kier molecular flexibility index (Phi) is 4.70. The lowest BCUT2D eigenvalue weighted by atomic mass is 10.2. The summed E-state index contributed by atoms with van der Waals surface area (Å²) in [4.78, 5) is 29.0. The number of amides is 2. The van der Waals surface area contributed by atoms with Gasteiger partial charge in [-0.2, -0.15) is 4.98 Å². The highest BCUT2D eigenvalue weighted by Gasteiger charge is 2.35. The van der Waals surface area contributed by atoms with Gasteiger partial charge in [0.25, 0.3) is 5.91 Å². The van der Waals surface area contributed by atoms with Gasteiger partial charge in [0.15, 0.2) is 5.82 Å². The lowest BCUT2D eigenvalue weighted by Crippen LogP contribution is -2.23. The zero-order chi connectivity index (χ0) is 19.7. The lowest BCUT2D eigenvalue weighted by Gasteiger charge is -2.10. The highest BCUT2D eigenvalue weighted by Crippen LogP contribution is 2.29. The van der Waals surface area contributed by atoms with Gasteiger partial charge in [-0.15, -0.1) is 5.10 Å². The maximum absolute atomic E-state index is 12.4. The van der Waals surface area contributed by atoms with E-state index in [4.69, 9.17) is 16.3 Å². The molecule has 1 atom stereocenters. The summed E-state index contributed by atoms with van der Waals surface area (Å²) in [5, 5.41) is 10.4. The van der Waals surface area contributed by atoms with E-state index in [1.807, 2.05) is 0 Å². The van der Waals surface area contributed by atoms with Crippen LogP contribution < -0.4 is 15.4 Å². The molecule has 1 aliphatic rings. The molecule has 0 spiro atoms. The van der Waals surface area contributed by atoms with Crippen LogP contribution in [0.4, 0.5) is 11.6 Å². The molecule has 9 heteroatoms. The number of rotatable bonds is 5. The molecule has 2 amide bonds. The Morgan fingerprint density at radius 2 is 2.07 bits per heavy atom. The molecule has 0 saturated carbocycles. The maximum atomic E-state index is 12.4. The first kappa shape index (κ1) is 18.0. The summed E-state index contributed by atoms with van der Waals surface area (Å²) in [6.07, 6.45) is -0.0700. The number of benzene rings is 2. The van der Waals surface area contributed by atoms with Crippen molar-refractivity contribution in [1.82, 2.24) is 14.8 Å². The smallest absolute Gasteiger partial charge is 0.252 e. The van der Waals surface area contributed by atoms with Crippen LogP contribution in [0.3, 0.4) is 0 Å². The second kappa shape index (κ2) is 7.32. The molecule has 8 nitrogen and oxygen atoms in total. The van der Waals surface area contributed by atoms with Crippen LogP contribution in [0.15, 0.2) is 48.5 Å². The average Bonchev–Trinajstić information content (AvgIpc) is 3.21. The van der Waals surface area contributed by atoms with E-state index in [1.54, 1.807) is 55.6 Å². The first-order valence-corrected chi connectivity index (χ1v) is 8.88. The van der Waals surface area contributed by atoms with E-state index in [-0.39, 0.29) is 18.2 Å². The number of halogens is 1. The van der Waals surface area contributed by atoms with Crippen molar-refractivity contribution >= 4 is 35.1 Å². The van der Waals surface area contributed by atoms with Crippen molar-refractivity contribution in [2.75, 3.05) is 17.7 Å². The number of nitrogens with one attached hydrogen (secondary N) is 2. The van der Waals surface area contributed by atoms with Crippen LogP contribution in [0.2, 0.25) is 5.02 Å². The molecule has 2 aromatic carbocycles. The van der Waals surface area contributed by atoms with Crippen LogP contribution in [0.5, 0.6) is 5.75 Å². The van der Waals surface area contributed by atoms with E-state index in [9.17, 15) is 9.59 Å². The van der Waals surface area contributed by atoms with E-state index < -0.39 is 6.04 Å². The van der Waals surface area contributed by atoms with E-state index in [2.05, 4.69) is 20.7 Å². The highest BCUT2D eigenvalue weighted by atomic mass is 35.5. The topological polar surface area (TPSA) is 98.1 Å². The van der Waals surface area contributed by atoms with Gasteiger partial charge >= 0.3 is 0 Å². The number of fused-ring (bicyclic) bond motifs is 1. The number of aromatic nitrogens is 3. The Balaban J connectivity index is 1.51. The van der Waals surface area contributed by atoms with Crippen molar-refractivity contribution in [3.8, 4) is 17.1 Å². The first-order chi connectivity index (χ1) is 13.5. The summed E-state index contributed by atoms with van der Waals surface area (Å²) < 4.78 is 6.58. The molecule has 0 radical (unpaired) electrons. The molecular weight excluding hydrogens is 382 g/mol. The van der Waals surface area contributed by atoms with Gasteiger partial charge in [-0.05, 0) is 36.4 Å². The summed E-state index contributed by atoms with van der Waals surface area (Å²) >= 11 is 5.90. The van der Waals surface area contributed by atoms with E-state index in [1.165, 1.54) is 4.68 Å². The van der Waals surface area contributed by atoms with Crippen molar-refractivity contribution < 1.29 is 14.3 Å². The Hall–Kier alpha value is -3.39. The Bertz CT molecular complexity index is 1050. The molecule has 3 aromatic rings. The summed E-state index contributed by atoms with van der Waals surface area (Å²) in [6, 6.07) is 13.3. The van der Waals surface area contributed by atoms with Gasteiger partial charge in [-0.3, -0.25) is 14.9 Å². The quantitative estimate of drug-likeness (QED) is 0.689. The minimum absolute atomic E-state index is 0.0700. The fourth-order valence-electron chi connectivity index (χ4n) is 2.92. The summed E-state index contributed by atoms with van der Waals surface area (Å²) in [7, 11) is 1.55. The van der Waals surface area contributed by atoms with Gasteiger partial charge in [0, 0.05) is 22.3 Å². The molecule has 0 saturated heterocycles. The summed E-state index contributed by atoms with van der Waals surface area (Å²) in [5.41, 5.74) is 1.35. The highest BCUT2D eigenvalue weighted by molar-refractivity contribution is 6.30. The van der Waals surface area contributed by atoms with Crippen LogP contribution in [-0.2, 0) is 9.59 Å². The number of carbonyl (C=O) groups is 2. The first-order valence-electron chi connectivity index (χ1n) is 8.51. The third-order valence-corrected chi connectivity index (χ3v) is 4.55. The Morgan fingerprint density at radius 3 is 2.82 bits per heavy atom. The molecule has 1 aliphatic heterocycles. The van der Waals surface area contributed by atoms with E-state index in [0.717, 1.165) is 5.56 Å². The molecule has 0 aliphatic carbocycles. The normalized spacial score (nSPS) is 15.1. The van der Waals surface area contributed by atoms with E-state index in [0.29, 0.717) is 28.2 Å². The summed E-state index contributed by atoms with van der Waals surface area (Å²) in [5.74, 6) is 0.754. The van der Waals surface area contributed by atoms with Crippen LogP contribution in [0.25, 0.3) is 11.4 Å². The predicted molar refractivity (Wildman–Crippen MR) is 104 cm³/mol. The van der Waals surface area contributed by atoms with Crippen LogP contribution in [0, 0.1) is 0 Å². The van der Waals surface area contributed by atoms with E-state index >= 15 is 0 Å². The molecule has 1 aromatic heterocycles. The molecule has 0 fully saturated rings. The van der Waals surface area contributed by atoms with Gasteiger partial charge in [0.1, 0.15) is 11.8 Å². The van der Waals surface area contributed by atoms with Gasteiger partial charge < -0.3 is 10.1 Å². The second-order valence-corrected chi connectivity index (χ2v) is 6.64. The minimum Gasteiger partial charge on any atom is -0.497 e. The van der Waals surface area contributed by atoms with Crippen molar-refractivity contribution in [2.24, 2.45) is 0 Å². The van der Waals surface area contributed by atoms with Crippen molar-refractivity contribution in [1.29, 1.82) is 0 Å². The monoisotopic (exact) mass is 397 g/mol. The molecule has 1 unspecified atom stereocenters. The van der Waals surface area contributed by atoms with Crippen LogP contribution >= 0.6 is 11.6 Å². The molecule has 2 heterocycles. The van der Waals surface area contributed by atoms with Gasteiger partial charge in [0.05, 0.1) is 13.5 Å². The predicted octanol–water partition coefficient (Wildman–Crippen LogP) is 3.13. The molecule has 2 N–H and O–H groups in total. The SMILES string of the molecule is COc1cccc(NC(=O)CC2C(=O)Nc3nc(-c4ccc(Cl)cc4)nn32)c1. The largest absolute Gasteiger partial charge is 0.497 e. The van der Waals surface area contributed by atoms with Crippen molar-refractivity contribution in [3.63, 3.8) is 0 Å². The maximum Gasteiger partial charge on any atom is 0.252 e. The van der Waals surface area contributed by atoms with Crippen molar-refractivity contribution in [2.45, 2.75) is 12.5 Å². The Labute approximate surface area is 165 Å². The van der Waals surface area contributed by atoms with Crippen LogP contribution in [0.1, 0.15) is 12.5 Å². The fraction of sp³-hybridized carbons (Fsp3) is 0.158. The standard InChI is InChI=1S/C19H16ClN5O3/c1-28-14-4-2-3-13(9-14)21-16(26)10-15-18(27)23-19-22-17(24-25(15)19)11-5-7-12(20)8-6-11/h2-9,15H,10H2,1H3,(H,21,26)(H,22,23,24,27). The zero-order valence-corrected chi connectivity index (χ0v) is 15.6. The number of hydrogen-bond acceptors (Lipinski definition) is 5. The van der Waals surface area contributed by atoms with Crippen LogP contribution in [-0.4, -0.2) is 33.7 Å². The second-order valence-electron chi connectivity index (χ2n) is 6.20. The summed E-state index contributed by atoms with van der Waals surface area (Å²) in [6.45, 7) is 0. The molecule has 0 bridgehead atoms. The van der Waals surface area contributed by atoms with Gasteiger partial charge in [-0.1, -0.05) is 17.7 Å². The third-order valence-electron chi connectivity index (χ3n) is 4.30. The number of ether oxygens (including phenoxy) is 1. The number of methoxy groups -OCH3 is 1. The third kappa shape index (κ3) is 3.54. The number of hydrogen-bond donors (Lipinski definition) is 2. The number of carbonyl (C=O) groups excluding carboxylic acids is 2. The average molecular weight is 398 g/mol. The van der Waals surface area contributed by atoms with Gasteiger partial charge in [-0.25, -0.2) is 4.68 Å². The van der Waals surface area contributed by atoms with Crippen molar-refractivity contribution in [3.05, 3.63) is 53.6 Å². The minimum atomic E-state index is -0.769. The zero-order valence-electron chi connectivity index (χ0n) is 14.8. The molecule has 4 rings (SSSR count). The molecular formula is C19H16ClN5O3.